The normalized spacial score (nSPS) is 11.2. The number of ketones is 1. The molecule has 0 fully saturated rings. The summed E-state index contributed by atoms with van der Waals surface area (Å²) >= 11 is 0. The average Bonchev–Trinajstić information content (AvgIpc) is 3.08. The molecule has 6 heteroatoms. The maximum atomic E-state index is 13.3. The molecule has 0 saturated heterocycles. The Morgan fingerprint density at radius 1 is 1.19 bits per heavy atom. The van der Waals surface area contributed by atoms with Gasteiger partial charge in [-0.1, -0.05) is 12.1 Å². The number of fused-ring (bicyclic) bond motifs is 1. The summed E-state index contributed by atoms with van der Waals surface area (Å²) in [7, 11) is 1.29. The molecular formula is C20H13FN2O3. The predicted octanol–water partition coefficient (Wildman–Crippen LogP) is 3.88. The second-order valence-electron chi connectivity index (χ2n) is 5.50. The monoisotopic (exact) mass is 348 g/mol. The van der Waals surface area contributed by atoms with Gasteiger partial charge in [0.1, 0.15) is 17.5 Å². The number of nitriles is 1. The highest BCUT2D eigenvalue weighted by Gasteiger charge is 2.17. The number of aromatic nitrogens is 1. The van der Waals surface area contributed by atoms with Crippen molar-refractivity contribution in [1.29, 1.82) is 5.26 Å². The van der Waals surface area contributed by atoms with E-state index in [2.05, 4.69) is 9.72 Å². The lowest BCUT2D eigenvalue weighted by Crippen LogP contribution is -2.02. The third kappa shape index (κ3) is 3.23. The van der Waals surface area contributed by atoms with Crippen LogP contribution in [0.5, 0.6) is 0 Å². The number of hydrogen-bond donors (Lipinski definition) is 1. The predicted molar refractivity (Wildman–Crippen MR) is 94.0 cm³/mol. The topological polar surface area (TPSA) is 82.9 Å². The number of nitrogens with zero attached hydrogens (tertiary/aromatic N) is 1. The number of carbonyl (C=O) groups excluding carboxylic acids is 2. The van der Waals surface area contributed by atoms with E-state index in [-0.39, 0.29) is 5.57 Å². The lowest BCUT2D eigenvalue weighted by atomic mass is 10.0. The van der Waals surface area contributed by atoms with Crippen LogP contribution in [-0.2, 0) is 4.74 Å². The largest absolute Gasteiger partial charge is 0.465 e. The Morgan fingerprint density at radius 3 is 2.58 bits per heavy atom. The Kier molecular flexibility index (Phi) is 4.63. The van der Waals surface area contributed by atoms with Crippen molar-refractivity contribution in [3.05, 3.63) is 76.7 Å². The van der Waals surface area contributed by atoms with E-state index in [4.69, 9.17) is 0 Å². The zero-order valence-electron chi connectivity index (χ0n) is 13.7. The molecule has 3 rings (SSSR count). The van der Waals surface area contributed by atoms with Gasteiger partial charge in [-0.15, -0.1) is 0 Å². The number of aromatic amines is 1. The van der Waals surface area contributed by atoms with Gasteiger partial charge < -0.3 is 9.72 Å². The Hall–Kier alpha value is -3.72. The van der Waals surface area contributed by atoms with Gasteiger partial charge in [0.05, 0.1) is 12.7 Å². The minimum Gasteiger partial charge on any atom is -0.465 e. The fourth-order valence-electron chi connectivity index (χ4n) is 2.58. The number of methoxy groups -OCH3 is 1. The van der Waals surface area contributed by atoms with Crippen molar-refractivity contribution in [1.82, 2.24) is 4.98 Å². The van der Waals surface area contributed by atoms with Crippen LogP contribution in [0.3, 0.4) is 0 Å². The summed E-state index contributed by atoms with van der Waals surface area (Å²) in [6.07, 6.45) is 2.89. The van der Waals surface area contributed by atoms with Crippen LogP contribution in [-0.4, -0.2) is 23.8 Å². The van der Waals surface area contributed by atoms with Gasteiger partial charge >= 0.3 is 5.97 Å². The number of benzene rings is 2. The number of Topliss-reactive ketones (excluding diaryl/α,β-unsaturated/α-hetero) is 1. The molecule has 0 unspecified atom stereocenters. The van der Waals surface area contributed by atoms with Gasteiger partial charge in [0.15, 0.2) is 0 Å². The van der Waals surface area contributed by atoms with Crippen LogP contribution in [0.1, 0.15) is 26.3 Å². The van der Waals surface area contributed by atoms with Crippen LogP contribution < -0.4 is 0 Å². The van der Waals surface area contributed by atoms with Crippen LogP contribution in [0.15, 0.2) is 54.2 Å². The number of carbonyl (C=O) groups is 2. The number of ether oxygens (including phenoxy) is 1. The number of allylic oxidation sites excluding steroid dienone is 1. The Balaban J connectivity index is 1.94. The van der Waals surface area contributed by atoms with Gasteiger partial charge in [0, 0.05) is 22.7 Å². The highest BCUT2D eigenvalue weighted by Crippen LogP contribution is 2.22. The number of nitrogens with one attached hydrogen (secondary N) is 1. The van der Waals surface area contributed by atoms with Crippen molar-refractivity contribution in [3.63, 3.8) is 0 Å². The van der Waals surface area contributed by atoms with Gasteiger partial charge in [-0.3, -0.25) is 4.79 Å². The first-order valence-corrected chi connectivity index (χ1v) is 7.65. The van der Waals surface area contributed by atoms with E-state index in [0.717, 1.165) is 0 Å². The summed E-state index contributed by atoms with van der Waals surface area (Å²) in [5.41, 5.74) is 1.66. The fourth-order valence-corrected chi connectivity index (χ4v) is 2.58. The number of H-pyrrole nitrogens is 1. The summed E-state index contributed by atoms with van der Waals surface area (Å²) < 4.78 is 17.9. The van der Waals surface area contributed by atoms with E-state index < -0.39 is 17.6 Å². The standard InChI is InChI=1S/C20H13FN2O3/c1-26-20(25)13-4-2-12(3-5-13)8-14(10-22)19(24)17-11-23-18-9-15(21)6-7-16(17)18/h2-9,11,23H,1H3. The van der Waals surface area contributed by atoms with Crippen LogP contribution >= 0.6 is 0 Å². The van der Waals surface area contributed by atoms with E-state index in [9.17, 15) is 19.2 Å². The molecule has 3 aromatic rings. The van der Waals surface area contributed by atoms with Crippen molar-refractivity contribution in [2.45, 2.75) is 0 Å². The average molecular weight is 348 g/mol. The quantitative estimate of drug-likeness (QED) is 0.336. The Labute approximate surface area is 148 Å². The van der Waals surface area contributed by atoms with E-state index in [1.54, 1.807) is 24.3 Å². The van der Waals surface area contributed by atoms with Crippen LogP contribution in [0, 0.1) is 17.1 Å². The summed E-state index contributed by atoms with van der Waals surface area (Å²) in [4.78, 5) is 27.0. The van der Waals surface area contributed by atoms with E-state index >= 15 is 0 Å². The number of halogens is 1. The second-order valence-corrected chi connectivity index (χ2v) is 5.50. The second kappa shape index (κ2) is 7.03. The molecule has 0 aliphatic rings. The summed E-state index contributed by atoms with van der Waals surface area (Å²) in [6.45, 7) is 0. The van der Waals surface area contributed by atoms with E-state index in [0.29, 0.717) is 27.6 Å². The van der Waals surface area contributed by atoms with Gasteiger partial charge in [0.25, 0.3) is 0 Å². The molecule has 128 valence electrons. The van der Waals surface area contributed by atoms with Crippen LogP contribution in [0.2, 0.25) is 0 Å². The molecule has 0 bridgehead atoms. The zero-order chi connectivity index (χ0) is 18.7. The first kappa shape index (κ1) is 17.1. The highest BCUT2D eigenvalue weighted by atomic mass is 19.1. The van der Waals surface area contributed by atoms with Gasteiger partial charge in [-0.05, 0) is 42.0 Å². The lowest BCUT2D eigenvalue weighted by molar-refractivity contribution is 0.0600. The van der Waals surface area contributed by atoms with Crippen molar-refractivity contribution in [3.8, 4) is 6.07 Å². The number of rotatable bonds is 4. The molecular weight excluding hydrogens is 335 g/mol. The molecule has 1 heterocycles. The van der Waals surface area contributed by atoms with Crippen molar-refractivity contribution >= 4 is 28.7 Å². The highest BCUT2D eigenvalue weighted by molar-refractivity contribution is 6.19. The fraction of sp³-hybridized carbons (Fsp3) is 0.0500. The molecule has 26 heavy (non-hydrogen) atoms. The summed E-state index contributed by atoms with van der Waals surface area (Å²) in [5.74, 6) is -1.36. The third-order valence-corrected chi connectivity index (χ3v) is 3.90. The molecule has 1 aromatic heterocycles. The Bertz CT molecular complexity index is 1070. The lowest BCUT2D eigenvalue weighted by Gasteiger charge is -2.01. The van der Waals surface area contributed by atoms with Gasteiger partial charge in [-0.2, -0.15) is 5.26 Å². The third-order valence-electron chi connectivity index (χ3n) is 3.90. The molecule has 5 nitrogen and oxygen atoms in total. The molecule has 2 aromatic carbocycles. The molecule has 0 aliphatic heterocycles. The molecule has 0 amide bonds. The number of hydrogen-bond acceptors (Lipinski definition) is 4. The Morgan fingerprint density at radius 2 is 1.92 bits per heavy atom. The SMILES string of the molecule is COC(=O)c1ccc(C=C(C#N)C(=O)c2c[nH]c3cc(F)ccc23)cc1. The first-order chi connectivity index (χ1) is 12.5. The first-order valence-electron chi connectivity index (χ1n) is 7.65. The maximum absolute atomic E-state index is 13.3. The number of esters is 1. The van der Waals surface area contributed by atoms with Gasteiger partial charge in [-0.25, -0.2) is 9.18 Å². The minimum absolute atomic E-state index is 0.0685. The van der Waals surface area contributed by atoms with E-state index in [1.807, 2.05) is 6.07 Å². The smallest absolute Gasteiger partial charge is 0.337 e. The molecule has 0 atom stereocenters. The van der Waals surface area contributed by atoms with Crippen molar-refractivity contribution in [2.75, 3.05) is 7.11 Å². The summed E-state index contributed by atoms with van der Waals surface area (Å²) in [5, 5.41) is 9.91. The maximum Gasteiger partial charge on any atom is 0.337 e. The van der Waals surface area contributed by atoms with Crippen LogP contribution in [0.4, 0.5) is 4.39 Å². The zero-order valence-corrected chi connectivity index (χ0v) is 13.7. The van der Waals surface area contributed by atoms with Crippen molar-refractivity contribution in [2.24, 2.45) is 0 Å². The minimum atomic E-state index is -0.470. The van der Waals surface area contributed by atoms with Crippen LogP contribution in [0.25, 0.3) is 17.0 Å². The van der Waals surface area contributed by atoms with Crippen molar-refractivity contribution < 1.29 is 18.7 Å². The molecule has 0 spiro atoms. The van der Waals surface area contributed by atoms with E-state index in [1.165, 1.54) is 37.6 Å². The summed E-state index contributed by atoms with van der Waals surface area (Å²) in [6, 6.07) is 12.3. The molecule has 0 radical (unpaired) electrons. The molecule has 0 aliphatic carbocycles. The molecule has 1 N–H and O–H groups in total. The van der Waals surface area contributed by atoms with Gasteiger partial charge in [0.2, 0.25) is 5.78 Å². The molecule has 0 saturated carbocycles.